The zero-order chi connectivity index (χ0) is 17.5. The first-order valence-electron chi connectivity index (χ1n) is 7.75. The first kappa shape index (κ1) is 18.2. The van der Waals surface area contributed by atoms with Gasteiger partial charge in [-0.3, -0.25) is 4.79 Å². The number of aromatic nitrogens is 2. The number of aryl methyl sites for hydroxylation is 1. The summed E-state index contributed by atoms with van der Waals surface area (Å²) >= 11 is 6.00. The number of nitrogens with one attached hydrogen (secondary N) is 2. The zero-order valence-corrected chi connectivity index (χ0v) is 14.9. The number of hydrogen-bond acceptors (Lipinski definition) is 5. The molecule has 0 bridgehead atoms. The molecule has 1 aromatic heterocycles. The molecule has 128 valence electrons. The summed E-state index contributed by atoms with van der Waals surface area (Å²) in [6.45, 7) is 3.51. The molecule has 0 aliphatic heterocycles. The second-order valence-corrected chi connectivity index (χ2v) is 6.24. The topological polar surface area (TPSA) is 70.2 Å². The normalized spacial score (nSPS) is 10.7. The van der Waals surface area contributed by atoms with E-state index in [2.05, 4.69) is 25.7 Å². The summed E-state index contributed by atoms with van der Waals surface area (Å²) in [4.78, 5) is 14.1. The molecule has 0 saturated heterocycles. The van der Waals surface area contributed by atoms with Crippen molar-refractivity contribution in [3.63, 3.8) is 0 Å². The van der Waals surface area contributed by atoms with Crippen molar-refractivity contribution in [3.8, 4) is 0 Å². The highest BCUT2D eigenvalue weighted by Gasteiger charge is 2.08. The molecule has 1 amide bonds. The van der Waals surface area contributed by atoms with Crippen molar-refractivity contribution in [1.82, 2.24) is 20.4 Å². The largest absolute Gasteiger partial charge is 0.351 e. The molecular formula is C17H22ClN5O. The number of nitrogens with zero attached hydrogens (tertiary/aromatic N) is 3. The summed E-state index contributed by atoms with van der Waals surface area (Å²) in [5.74, 6) is 0.344. The molecule has 0 fully saturated rings. The molecule has 1 aromatic carbocycles. The van der Waals surface area contributed by atoms with E-state index in [0.717, 1.165) is 24.2 Å². The lowest BCUT2D eigenvalue weighted by molar-refractivity contribution is 0.0946. The predicted molar refractivity (Wildman–Crippen MR) is 97.0 cm³/mol. The van der Waals surface area contributed by atoms with E-state index in [4.69, 9.17) is 11.6 Å². The highest BCUT2D eigenvalue weighted by molar-refractivity contribution is 6.30. The molecule has 0 aliphatic carbocycles. The van der Waals surface area contributed by atoms with Gasteiger partial charge in [-0.2, -0.15) is 0 Å². The van der Waals surface area contributed by atoms with Crippen molar-refractivity contribution >= 4 is 29.0 Å². The van der Waals surface area contributed by atoms with Crippen LogP contribution in [0.2, 0.25) is 5.02 Å². The maximum Gasteiger partial charge on any atom is 0.271 e. The fraction of sp³-hybridized carbons (Fsp3) is 0.353. The average Bonchev–Trinajstić information content (AvgIpc) is 2.55. The highest BCUT2D eigenvalue weighted by Crippen LogP contribution is 2.22. The van der Waals surface area contributed by atoms with Gasteiger partial charge < -0.3 is 15.5 Å². The van der Waals surface area contributed by atoms with Crippen molar-refractivity contribution in [2.75, 3.05) is 32.5 Å². The van der Waals surface area contributed by atoms with Crippen LogP contribution >= 0.6 is 11.6 Å². The van der Waals surface area contributed by atoms with E-state index < -0.39 is 0 Å². The predicted octanol–water partition coefficient (Wildman–Crippen LogP) is 2.86. The molecule has 1 heterocycles. The second kappa shape index (κ2) is 8.61. The summed E-state index contributed by atoms with van der Waals surface area (Å²) in [5, 5.41) is 14.6. The number of hydrogen-bond donors (Lipinski definition) is 2. The SMILES string of the molecule is Cc1ccc(Cl)cc1Nc1ccc(C(=O)NCCCN(C)C)nn1. The van der Waals surface area contributed by atoms with Gasteiger partial charge in [-0.15, -0.1) is 10.2 Å². The van der Waals surface area contributed by atoms with Gasteiger partial charge >= 0.3 is 0 Å². The van der Waals surface area contributed by atoms with Gasteiger partial charge in [0.05, 0.1) is 0 Å². The second-order valence-electron chi connectivity index (χ2n) is 5.80. The van der Waals surface area contributed by atoms with Gasteiger partial charge in [0.15, 0.2) is 11.5 Å². The van der Waals surface area contributed by atoms with Crippen LogP contribution < -0.4 is 10.6 Å². The van der Waals surface area contributed by atoms with E-state index in [9.17, 15) is 4.79 Å². The van der Waals surface area contributed by atoms with Crippen molar-refractivity contribution in [3.05, 3.63) is 46.6 Å². The van der Waals surface area contributed by atoms with Crippen molar-refractivity contribution in [2.45, 2.75) is 13.3 Å². The third-order valence-electron chi connectivity index (χ3n) is 3.43. The standard InChI is InChI=1S/C17H22ClN5O/c1-12-5-6-13(18)11-15(12)20-16-8-7-14(21-22-16)17(24)19-9-4-10-23(2)3/h5-8,11H,4,9-10H2,1-3H3,(H,19,24)(H,20,22). The van der Waals surface area contributed by atoms with Gasteiger partial charge in [-0.1, -0.05) is 17.7 Å². The van der Waals surface area contributed by atoms with E-state index in [1.165, 1.54) is 0 Å². The van der Waals surface area contributed by atoms with Crippen LogP contribution in [0.15, 0.2) is 30.3 Å². The van der Waals surface area contributed by atoms with Crippen molar-refractivity contribution in [1.29, 1.82) is 0 Å². The summed E-state index contributed by atoms with van der Waals surface area (Å²) in [6.07, 6.45) is 0.889. The summed E-state index contributed by atoms with van der Waals surface area (Å²) in [5.41, 5.74) is 2.20. The maximum atomic E-state index is 12.0. The number of carbonyl (C=O) groups excluding carboxylic acids is 1. The number of halogens is 1. The Morgan fingerprint density at radius 3 is 2.67 bits per heavy atom. The third kappa shape index (κ3) is 5.47. The van der Waals surface area contributed by atoms with Gasteiger partial charge in [0, 0.05) is 17.3 Å². The van der Waals surface area contributed by atoms with E-state index in [1.54, 1.807) is 12.1 Å². The number of anilines is 2. The summed E-state index contributed by atoms with van der Waals surface area (Å²) in [6, 6.07) is 8.95. The Morgan fingerprint density at radius 1 is 1.21 bits per heavy atom. The van der Waals surface area contributed by atoms with Crippen LogP contribution in [-0.2, 0) is 0 Å². The third-order valence-corrected chi connectivity index (χ3v) is 3.66. The Bertz CT molecular complexity index is 688. The van der Waals surface area contributed by atoms with Gasteiger partial charge in [0.1, 0.15) is 0 Å². The minimum atomic E-state index is -0.216. The molecule has 6 nitrogen and oxygen atoms in total. The highest BCUT2D eigenvalue weighted by atomic mass is 35.5. The number of amides is 1. The summed E-state index contributed by atoms with van der Waals surface area (Å²) in [7, 11) is 4.00. The van der Waals surface area contributed by atoms with Crippen LogP contribution in [0.3, 0.4) is 0 Å². The molecule has 2 rings (SSSR count). The Balaban J connectivity index is 1.92. The number of benzene rings is 1. The fourth-order valence-corrected chi connectivity index (χ4v) is 2.25. The summed E-state index contributed by atoms with van der Waals surface area (Å²) < 4.78 is 0. The van der Waals surface area contributed by atoms with Crippen molar-refractivity contribution in [2.24, 2.45) is 0 Å². The van der Waals surface area contributed by atoms with Crippen LogP contribution in [-0.4, -0.2) is 48.2 Å². The van der Waals surface area contributed by atoms with Gasteiger partial charge in [0.2, 0.25) is 0 Å². The molecule has 7 heteroatoms. The quantitative estimate of drug-likeness (QED) is 0.754. The van der Waals surface area contributed by atoms with Crippen LogP contribution in [0.25, 0.3) is 0 Å². The Kier molecular flexibility index (Phi) is 6.52. The van der Waals surface area contributed by atoms with E-state index in [-0.39, 0.29) is 5.91 Å². The first-order valence-corrected chi connectivity index (χ1v) is 8.13. The van der Waals surface area contributed by atoms with Crippen LogP contribution in [0.1, 0.15) is 22.5 Å². The Hall–Kier alpha value is -2.18. The van der Waals surface area contributed by atoms with Gasteiger partial charge in [0.25, 0.3) is 5.91 Å². The maximum absolute atomic E-state index is 12.0. The lowest BCUT2D eigenvalue weighted by Crippen LogP contribution is -2.28. The van der Waals surface area contributed by atoms with E-state index in [1.807, 2.05) is 39.2 Å². The zero-order valence-electron chi connectivity index (χ0n) is 14.1. The van der Waals surface area contributed by atoms with Crippen LogP contribution in [0.4, 0.5) is 11.5 Å². The molecule has 24 heavy (non-hydrogen) atoms. The van der Waals surface area contributed by atoms with Crippen LogP contribution in [0, 0.1) is 6.92 Å². The molecule has 2 N–H and O–H groups in total. The first-order chi connectivity index (χ1) is 11.5. The Labute approximate surface area is 147 Å². The number of carbonyl (C=O) groups is 1. The molecule has 0 atom stereocenters. The lowest BCUT2D eigenvalue weighted by Gasteiger charge is -2.10. The fourth-order valence-electron chi connectivity index (χ4n) is 2.07. The minimum Gasteiger partial charge on any atom is -0.351 e. The van der Waals surface area contributed by atoms with E-state index >= 15 is 0 Å². The molecule has 0 unspecified atom stereocenters. The molecule has 0 aliphatic rings. The average molecular weight is 348 g/mol. The minimum absolute atomic E-state index is 0.216. The Morgan fingerprint density at radius 2 is 2.00 bits per heavy atom. The smallest absolute Gasteiger partial charge is 0.271 e. The molecular weight excluding hydrogens is 326 g/mol. The lowest BCUT2D eigenvalue weighted by atomic mass is 10.2. The molecule has 0 saturated carbocycles. The molecule has 2 aromatic rings. The number of rotatable bonds is 7. The molecule has 0 radical (unpaired) electrons. The monoisotopic (exact) mass is 347 g/mol. The van der Waals surface area contributed by atoms with Crippen molar-refractivity contribution < 1.29 is 4.79 Å². The van der Waals surface area contributed by atoms with Crippen LogP contribution in [0.5, 0.6) is 0 Å². The van der Waals surface area contributed by atoms with Gasteiger partial charge in [-0.05, 0) is 63.8 Å². The van der Waals surface area contributed by atoms with Gasteiger partial charge in [-0.25, -0.2) is 0 Å². The molecule has 0 spiro atoms. The van der Waals surface area contributed by atoms with E-state index in [0.29, 0.717) is 23.1 Å².